The van der Waals surface area contributed by atoms with E-state index in [9.17, 15) is 9.18 Å². The Morgan fingerprint density at radius 3 is 3.08 bits per heavy atom. The van der Waals surface area contributed by atoms with Crippen LogP contribution in [-0.4, -0.2) is 38.4 Å². The Hall–Kier alpha value is -2.22. The lowest BCUT2D eigenvalue weighted by Crippen LogP contribution is -2.26. The van der Waals surface area contributed by atoms with Crippen LogP contribution < -0.4 is 5.32 Å². The Morgan fingerprint density at radius 1 is 1.36 bits per heavy atom. The number of carbonyl (C=O) groups excluding carboxylic acids is 1. The summed E-state index contributed by atoms with van der Waals surface area (Å²) in [6.07, 6.45) is 8.02. The van der Waals surface area contributed by atoms with Crippen molar-refractivity contribution in [2.45, 2.75) is 37.3 Å². The topological polar surface area (TPSA) is 72.7 Å². The zero-order valence-corrected chi connectivity index (χ0v) is 14.6. The number of nitrogens with one attached hydrogen (secondary N) is 1. The zero-order chi connectivity index (χ0) is 17.5. The van der Waals surface area contributed by atoms with E-state index >= 15 is 0 Å². The quantitative estimate of drug-likeness (QED) is 0.606. The summed E-state index contributed by atoms with van der Waals surface area (Å²) < 4.78 is 14.8. The van der Waals surface area contributed by atoms with Gasteiger partial charge in [-0.3, -0.25) is 4.79 Å². The lowest BCUT2D eigenvalue weighted by Gasteiger charge is -2.12. The molecule has 1 aliphatic rings. The summed E-state index contributed by atoms with van der Waals surface area (Å²) in [4.78, 5) is 12.0. The van der Waals surface area contributed by atoms with Crippen molar-refractivity contribution < 1.29 is 9.18 Å². The molecule has 0 atom stereocenters. The van der Waals surface area contributed by atoms with E-state index in [0.29, 0.717) is 17.4 Å². The maximum Gasteiger partial charge on any atom is 0.230 e. The van der Waals surface area contributed by atoms with Crippen LogP contribution in [0.5, 0.6) is 0 Å². The molecular formula is C17H20FN5OS. The van der Waals surface area contributed by atoms with Gasteiger partial charge in [-0.1, -0.05) is 29.5 Å². The number of tetrazole rings is 1. The highest BCUT2D eigenvalue weighted by molar-refractivity contribution is 7.99. The number of carbonyl (C=O) groups is 1. The maximum atomic E-state index is 13.3. The molecule has 3 rings (SSSR count). The number of amides is 1. The predicted molar refractivity (Wildman–Crippen MR) is 94.0 cm³/mol. The molecule has 1 aromatic carbocycles. The average Bonchev–Trinajstić information content (AvgIpc) is 3.09. The molecule has 0 saturated heterocycles. The molecule has 132 valence electrons. The SMILES string of the molecule is O=C(CSc1nnnn1-c1cccc(F)c1)NCCC1=CCCCC1. The number of hydrogen-bond donors (Lipinski definition) is 1. The monoisotopic (exact) mass is 361 g/mol. The number of nitrogens with zero attached hydrogens (tertiary/aromatic N) is 4. The van der Waals surface area contributed by atoms with Crippen LogP contribution in [0.1, 0.15) is 32.1 Å². The summed E-state index contributed by atoms with van der Waals surface area (Å²) in [5.41, 5.74) is 1.96. The lowest BCUT2D eigenvalue weighted by atomic mass is 9.97. The van der Waals surface area contributed by atoms with Crippen LogP contribution >= 0.6 is 11.8 Å². The van der Waals surface area contributed by atoms with Crippen LogP contribution in [0.4, 0.5) is 4.39 Å². The number of rotatable bonds is 7. The molecule has 6 nitrogen and oxygen atoms in total. The second kappa shape index (κ2) is 8.75. The molecule has 0 saturated carbocycles. The number of hydrogen-bond acceptors (Lipinski definition) is 5. The third-order valence-corrected chi connectivity index (χ3v) is 4.90. The summed E-state index contributed by atoms with van der Waals surface area (Å²) in [7, 11) is 0. The van der Waals surface area contributed by atoms with Gasteiger partial charge >= 0.3 is 0 Å². The third kappa shape index (κ3) is 5.12. The van der Waals surface area contributed by atoms with E-state index in [2.05, 4.69) is 26.9 Å². The Morgan fingerprint density at radius 2 is 2.28 bits per heavy atom. The minimum absolute atomic E-state index is 0.0600. The molecule has 1 N–H and O–H groups in total. The van der Waals surface area contributed by atoms with Crippen molar-refractivity contribution >= 4 is 17.7 Å². The first-order valence-corrected chi connectivity index (χ1v) is 9.32. The Balaban J connectivity index is 1.48. The normalized spacial score (nSPS) is 14.2. The van der Waals surface area contributed by atoms with E-state index in [1.165, 1.54) is 47.0 Å². The van der Waals surface area contributed by atoms with E-state index in [4.69, 9.17) is 0 Å². The third-order valence-electron chi connectivity index (χ3n) is 3.98. The van der Waals surface area contributed by atoms with Crippen molar-refractivity contribution in [3.05, 3.63) is 41.7 Å². The number of thioether (sulfide) groups is 1. The van der Waals surface area contributed by atoms with Gasteiger partial charge in [0.2, 0.25) is 11.1 Å². The van der Waals surface area contributed by atoms with Crippen LogP contribution in [-0.2, 0) is 4.79 Å². The van der Waals surface area contributed by atoms with Gasteiger partial charge in [0.25, 0.3) is 0 Å². The van der Waals surface area contributed by atoms with Gasteiger partial charge in [0.1, 0.15) is 5.82 Å². The Labute approximate surface area is 149 Å². The number of halogens is 1. The summed E-state index contributed by atoms with van der Waals surface area (Å²) in [6, 6.07) is 6.00. The smallest absolute Gasteiger partial charge is 0.230 e. The molecule has 1 amide bonds. The molecule has 0 aliphatic heterocycles. The molecule has 2 aromatic rings. The number of benzene rings is 1. The summed E-state index contributed by atoms with van der Waals surface area (Å²) >= 11 is 1.23. The van der Waals surface area contributed by atoms with E-state index in [1.807, 2.05) is 0 Å². The highest BCUT2D eigenvalue weighted by Gasteiger charge is 2.12. The van der Waals surface area contributed by atoms with Gasteiger partial charge in [-0.05, 0) is 60.7 Å². The lowest BCUT2D eigenvalue weighted by molar-refractivity contribution is -0.118. The van der Waals surface area contributed by atoms with Crippen molar-refractivity contribution in [2.24, 2.45) is 0 Å². The highest BCUT2D eigenvalue weighted by atomic mass is 32.2. The van der Waals surface area contributed by atoms with Crippen molar-refractivity contribution in [1.29, 1.82) is 0 Å². The molecular weight excluding hydrogens is 341 g/mol. The molecule has 1 heterocycles. The first-order chi connectivity index (χ1) is 12.2. The average molecular weight is 361 g/mol. The molecule has 0 unspecified atom stereocenters. The van der Waals surface area contributed by atoms with Gasteiger partial charge in [-0.15, -0.1) is 5.10 Å². The summed E-state index contributed by atoms with van der Waals surface area (Å²) in [5, 5.41) is 14.7. The van der Waals surface area contributed by atoms with Crippen molar-refractivity contribution in [3.63, 3.8) is 0 Å². The summed E-state index contributed by atoms with van der Waals surface area (Å²) in [5.74, 6) is -0.205. The van der Waals surface area contributed by atoms with E-state index in [-0.39, 0.29) is 17.5 Å². The molecule has 1 aromatic heterocycles. The van der Waals surface area contributed by atoms with Gasteiger partial charge in [0, 0.05) is 6.54 Å². The van der Waals surface area contributed by atoms with Crippen molar-refractivity contribution in [2.75, 3.05) is 12.3 Å². The Kier molecular flexibility index (Phi) is 6.16. The second-order valence-corrected chi connectivity index (χ2v) is 6.79. The highest BCUT2D eigenvalue weighted by Crippen LogP contribution is 2.20. The molecule has 0 spiro atoms. The predicted octanol–water partition coefficient (Wildman–Crippen LogP) is 2.90. The minimum Gasteiger partial charge on any atom is -0.355 e. The van der Waals surface area contributed by atoms with Crippen molar-refractivity contribution in [1.82, 2.24) is 25.5 Å². The van der Waals surface area contributed by atoms with Crippen molar-refractivity contribution in [3.8, 4) is 5.69 Å². The fourth-order valence-electron chi connectivity index (χ4n) is 2.71. The van der Waals surface area contributed by atoms with Crippen LogP contribution in [0.3, 0.4) is 0 Å². The molecule has 8 heteroatoms. The second-order valence-electron chi connectivity index (χ2n) is 5.85. The summed E-state index contributed by atoms with van der Waals surface area (Å²) in [6.45, 7) is 0.653. The number of allylic oxidation sites excluding steroid dienone is 1. The fourth-order valence-corrected chi connectivity index (χ4v) is 3.43. The molecule has 0 radical (unpaired) electrons. The van der Waals surface area contributed by atoms with Gasteiger partial charge in [-0.2, -0.15) is 4.68 Å². The van der Waals surface area contributed by atoms with Gasteiger partial charge in [0.05, 0.1) is 11.4 Å². The Bertz CT molecular complexity index is 761. The van der Waals surface area contributed by atoms with Crippen LogP contribution in [0.15, 0.2) is 41.1 Å². The van der Waals surface area contributed by atoms with Gasteiger partial charge in [-0.25, -0.2) is 4.39 Å². The molecule has 1 aliphatic carbocycles. The first-order valence-electron chi connectivity index (χ1n) is 8.34. The van der Waals surface area contributed by atoms with Gasteiger partial charge in [0.15, 0.2) is 0 Å². The standard InChI is InChI=1S/C17H20FN5OS/c18-14-7-4-8-15(11-14)23-17(20-21-22-23)25-12-16(24)19-10-9-13-5-2-1-3-6-13/h4-5,7-8,11H,1-3,6,9-10,12H2,(H,19,24). The van der Waals surface area contributed by atoms with E-state index in [0.717, 1.165) is 19.3 Å². The zero-order valence-electron chi connectivity index (χ0n) is 13.8. The molecule has 0 fully saturated rings. The minimum atomic E-state index is -0.362. The van der Waals surface area contributed by atoms with E-state index in [1.54, 1.807) is 12.1 Å². The molecule has 0 bridgehead atoms. The first kappa shape index (κ1) is 17.6. The largest absolute Gasteiger partial charge is 0.355 e. The van der Waals surface area contributed by atoms with E-state index < -0.39 is 0 Å². The van der Waals surface area contributed by atoms with Gasteiger partial charge < -0.3 is 5.32 Å². The van der Waals surface area contributed by atoms with Crippen LogP contribution in [0.2, 0.25) is 0 Å². The van der Waals surface area contributed by atoms with Crippen LogP contribution in [0, 0.1) is 5.82 Å². The fraction of sp³-hybridized carbons (Fsp3) is 0.412. The number of aromatic nitrogens is 4. The maximum absolute atomic E-state index is 13.3. The van der Waals surface area contributed by atoms with Crippen LogP contribution in [0.25, 0.3) is 5.69 Å². The molecule has 25 heavy (non-hydrogen) atoms.